The molecule has 1 unspecified atom stereocenters. The van der Waals surface area contributed by atoms with Gasteiger partial charge in [-0.25, -0.2) is 4.79 Å². The number of rotatable bonds is 7. The third kappa shape index (κ3) is 5.72. The quantitative estimate of drug-likeness (QED) is 0.540. The maximum Gasteiger partial charge on any atom is 0.345 e. The largest absolute Gasteiger partial charge is 0.508 e. The summed E-state index contributed by atoms with van der Waals surface area (Å²) in [5, 5.41) is 12.6. The molecule has 0 spiro atoms. The number of nitrogens with zero attached hydrogens (tertiary/aromatic N) is 1. The number of aryl methyl sites for hydroxylation is 1. The van der Waals surface area contributed by atoms with Crippen molar-refractivity contribution < 1.29 is 14.6 Å². The molecule has 1 atom stereocenters. The number of aromatic amines is 1. The highest BCUT2D eigenvalue weighted by Gasteiger charge is 2.15. The Morgan fingerprint density at radius 2 is 1.77 bits per heavy atom. The molecule has 0 aliphatic heterocycles. The first kappa shape index (κ1) is 22.1. The van der Waals surface area contributed by atoms with Gasteiger partial charge in [-0.2, -0.15) is 4.98 Å². The zero-order valence-electron chi connectivity index (χ0n) is 18.1. The Morgan fingerprint density at radius 1 is 1.10 bits per heavy atom. The van der Waals surface area contributed by atoms with Crippen LogP contribution in [0.3, 0.4) is 0 Å². The topological polar surface area (TPSA) is 104 Å². The van der Waals surface area contributed by atoms with Gasteiger partial charge in [0.05, 0.1) is 11.4 Å². The lowest BCUT2D eigenvalue weighted by Crippen LogP contribution is -2.38. The molecule has 3 aromatic rings. The van der Waals surface area contributed by atoms with Gasteiger partial charge in [-0.05, 0) is 79.4 Å². The second-order valence-corrected chi connectivity index (χ2v) is 7.91. The summed E-state index contributed by atoms with van der Waals surface area (Å²) < 4.78 is 5.72. The number of aromatic hydroxyl groups is 1. The van der Waals surface area contributed by atoms with Crippen LogP contribution in [0, 0.1) is 12.8 Å². The number of ether oxygens (including phenoxy) is 1. The minimum Gasteiger partial charge on any atom is -0.508 e. The van der Waals surface area contributed by atoms with Gasteiger partial charge in [-0.1, -0.05) is 13.8 Å². The van der Waals surface area contributed by atoms with Crippen LogP contribution in [0.2, 0.25) is 0 Å². The molecule has 0 bridgehead atoms. The lowest BCUT2D eigenvalue weighted by atomic mass is 10.1. The number of benzene rings is 2. The summed E-state index contributed by atoms with van der Waals surface area (Å²) in [4.78, 5) is 31.0. The molecule has 0 fully saturated rings. The van der Waals surface area contributed by atoms with E-state index in [1.54, 1.807) is 50.2 Å². The Morgan fingerprint density at radius 3 is 2.42 bits per heavy atom. The fraction of sp³-hybridized carbons (Fsp3) is 0.292. The number of phenols is 1. The van der Waals surface area contributed by atoms with Crippen molar-refractivity contribution in [3.8, 4) is 34.0 Å². The van der Waals surface area contributed by atoms with Gasteiger partial charge in [0.1, 0.15) is 11.5 Å². The lowest BCUT2D eigenvalue weighted by molar-refractivity contribution is -0.127. The number of aromatic nitrogens is 2. The highest BCUT2D eigenvalue weighted by molar-refractivity contribution is 5.80. The molecule has 7 nitrogen and oxygen atoms in total. The molecule has 0 aliphatic rings. The monoisotopic (exact) mass is 421 g/mol. The molecule has 1 amide bonds. The molecule has 1 heterocycles. The summed E-state index contributed by atoms with van der Waals surface area (Å²) in [6.07, 6.45) is -0.616. The Labute approximate surface area is 181 Å². The van der Waals surface area contributed by atoms with E-state index in [1.807, 2.05) is 26.0 Å². The Kier molecular flexibility index (Phi) is 6.74. The van der Waals surface area contributed by atoms with Crippen molar-refractivity contribution >= 4 is 5.91 Å². The predicted molar refractivity (Wildman–Crippen MR) is 120 cm³/mol. The normalized spacial score (nSPS) is 11.9. The van der Waals surface area contributed by atoms with Crippen LogP contribution in [-0.2, 0) is 4.79 Å². The van der Waals surface area contributed by atoms with Crippen molar-refractivity contribution in [1.29, 1.82) is 0 Å². The average Bonchev–Trinajstić information content (AvgIpc) is 2.74. The molecule has 0 saturated carbocycles. The standard InChI is InChI=1S/C24H27N3O4/c1-14(2)13-25-23(29)16(4)31-19-8-5-17(6-9-19)20-12-21(27-24(30)26-20)18-7-10-22(28)15(3)11-18/h5-12,14,16,28H,13H2,1-4H3,(H,25,29)(H,26,27,30). The molecule has 0 radical (unpaired) electrons. The van der Waals surface area contributed by atoms with Crippen molar-refractivity contribution in [3.63, 3.8) is 0 Å². The predicted octanol–water partition coefficient (Wildman–Crippen LogP) is 3.66. The summed E-state index contributed by atoms with van der Waals surface area (Å²) in [5.41, 5.74) is 2.88. The van der Waals surface area contributed by atoms with Crippen molar-refractivity contribution in [2.24, 2.45) is 5.92 Å². The zero-order chi connectivity index (χ0) is 22.5. The summed E-state index contributed by atoms with van der Waals surface area (Å²) in [6, 6.07) is 14.0. The number of H-pyrrole nitrogens is 1. The Bertz CT molecular complexity index is 1120. The molecular weight excluding hydrogens is 394 g/mol. The van der Waals surface area contributed by atoms with Gasteiger partial charge >= 0.3 is 5.69 Å². The Balaban J connectivity index is 1.78. The SMILES string of the molecule is Cc1cc(-c2cc(-c3ccc(OC(C)C(=O)NCC(C)C)cc3)[nH]c(=O)n2)ccc1O. The average molecular weight is 421 g/mol. The van der Waals surface area contributed by atoms with E-state index in [1.165, 1.54) is 0 Å². The van der Waals surface area contributed by atoms with Gasteiger partial charge < -0.3 is 20.1 Å². The fourth-order valence-corrected chi connectivity index (χ4v) is 2.99. The molecular formula is C24H27N3O4. The van der Waals surface area contributed by atoms with Gasteiger partial charge in [-0.3, -0.25) is 4.79 Å². The number of amides is 1. The van der Waals surface area contributed by atoms with Crippen LogP contribution in [-0.4, -0.2) is 33.6 Å². The van der Waals surface area contributed by atoms with Gasteiger partial charge in [-0.15, -0.1) is 0 Å². The molecule has 0 aliphatic carbocycles. The van der Waals surface area contributed by atoms with Crippen LogP contribution in [0.4, 0.5) is 0 Å². The van der Waals surface area contributed by atoms with Crippen LogP contribution < -0.4 is 15.7 Å². The van der Waals surface area contributed by atoms with E-state index in [0.29, 0.717) is 35.2 Å². The number of hydrogen-bond donors (Lipinski definition) is 3. The molecule has 0 saturated heterocycles. The van der Waals surface area contributed by atoms with Crippen molar-refractivity contribution in [2.75, 3.05) is 6.54 Å². The smallest absolute Gasteiger partial charge is 0.345 e. The Hall–Kier alpha value is -3.61. The lowest BCUT2D eigenvalue weighted by Gasteiger charge is -2.16. The molecule has 3 N–H and O–H groups in total. The van der Waals surface area contributed by atoms with Crippen LogP contribution in [0.1, 0.15) is 26.3 Å². The van der Waals surface area contributed by atoms with E-state index in [0.717, 1.165) is 11.1 Å². The van der Waals surface area contributed by atoms with Crippen LogP contribution in [0.25, 0.3) is 22.5 Å². The minimum absolute atomic E-state index is 0.162. The first-order chi connectivity index (χ1) is 14.7. The summed E-state index contributed by atoms with van der Waals surface area (Å²) >= 11 is 0. The van der Waals surface area contributed by atoms with Crippen LogP contribution in [0.5, 0.6) is 11.5 Å². The van der Waals surface area contributed by atoms with Crippen molar-refractivity contribution in [1.82, 2.24) is 15.3 Å². The molecule has 7 heteroatoms. The number of phenolic OH excluding ortho intramolecular Hbond substituents is 1. The van der Waals surface area contributed by atoms with Crippen molar-refractivity contribution in [2.45, 2.75) is 33.8 Å². The maximum atomic E-state index is 12.1. The minimum atomic E-state index is -0.616. The zero-order valence-corrected chi connectivity index (χ0v) is 18.1. The molecule has 2 aromatic carbocycles. The van der Waals surface area contributed by atoms with Gasteiger partial charge in [0.2, 0.25) is 0 Å². The van der Waals surface area contributed by atoms with E-state index in [2.05, 4.69) is 15.3 Å². The second-order valence-electron chi connectivity index (χ2n) is 7.91. The summed E-state index contributed by atoms with van der Waals surface area (Å²) in [5.74, 6) is 0.955. The third-order valence-corrected chi connectivity index (χ3v) is 4.77. The van der Waals surface area contributed by atoms with Gasteiger partial charge in [0.15, 0.2) is 6.10 Å². The number of hydrogen-bond acceptors (Lipinski definition) is 5. The van der Waals surface area contributed by atoms with Crippen LogP contribution in [0.15, 0.2) is 53.3 Å². The third-order valence-electron chi connectivity index (χ3n) is 4.77. The van der Waals surface area contributed by atoms with E-state index in [4.69, 9.17) is 4.74 Å². The molecule has 1 aromatic heterocycles. The molecule has 31 heavy (non-hydrogen) atoms. The van der Waals surface area contributed by atoms with Crippen molar-refractivity contribution in [3.05, 3.63) is 64.6 Å². The highest BCUT2D eigenvalue weighted by Crippen LogP contribution is 2.27. The van der Waals surface area contributed by atoms with Gasteiger partial charge in [0, 0.05) is 12.1 Å². The summed E-state index contributed by atoms with van der Waals surface area (Å²) in [6.45, 7) is 8.15. The maximum absolute atomic E-state index is 12.1. The van der Waals surface area contributed by atoms with Crippen LogP contribution >= 0.6 is 0 Å². The van der Waals surface area contributed by atoms with E-state index in [-0.39, 0.29) is 11.7 Å². The second kappa shape index (κ2) is 9.47. The van der Waals surface area contributed by atoms with E-state index < -0.39 is 11.8 Å². The molecule has 3 rings (SSSR count). The van der Waals surface area contributed by atoms with E-state index >= 15 is 0 Å². The first-order valence-corrected chi connectivity index (χ1v) is 10.2. The number of carbonyl (C=O) groups is 1. The summed E-state index contributed by atoms with van der Waals surface area (Å²) in [7, 11) is 0. The highest BCUT2D eigenvalue weighted by atomic mass is 16.5. The fourth-order valence-electron chi connectivity index (χ4n) is 2.99. The molecule has 162 valence electrons. The number of carbonyl (C=O) groups excluding carboxylic acids is 1. The number of nitrogens with one attached hydrogen (secondary N) is 2. The van der Waals surface area contributed by atoms with E-state index in [9.17, 15) is 14.7 Å². The van der Waals surface area contributed by atoms with Gasteiger partial charge in [0.25, 0.3) is 5.91 Å². The first-order valence-electron chi connectivity index (χ1n) is 10.2.